The third-order valence-corrected chi connectivity index (χ3v) is 4.95. The maximum Gasteiger partial charge on any atom is 0.235 e. The van der Waals surface area contributed by atoms with Gasteiger partial charge in [-0.2, -0.15) is 5.26 Å². The minimum absolute atomic E-state index is 0.0971. The first kappa shape index (κ1) is 13.8. The van der Waals surface area contributed by atoms with Gasteiger partial charge in [-0.25, -0.2) is 4.98 Å². The number of nitrogens with one attached hydrogen (secondary N) is 1. The first-order valence-corrected chi connectivity index (χ1v) is 7.76. The van der Waals surface area contributed by atoms with Gasteiger partial charge in [0.2, 0.25) is 5.91 Å². The van der Waals surface area contributed by atoms with Crippen molar-refractivity contribution in [3.63, 3.8) is 0 Å². The molecule has 5 nitrogen and oxygen atoms in total. The van der Waals surface area contributed by atoms with Crippen LogP contribution >= 0.6 is 0 Å². The molecule has 1 N–H and O–H groups in total. The molecular formula is C18H16N4O. The fourth-order valence-electron chi connectivity index (χ4n) is 3.71. The van der Waals surface area contributed by atoms with Crippen LogP contribution in [-0.4, -0.2) is 24.0 Å². The normalized spacial score (nSPS) is 18.4. The highest BCUT2D eigenvalue weighted by atomic mass is 16.2. The standard InChI is InChI=1S/C18H16N4O/c19-12-13-4-3-9-20-16(13)22-10-7-18(8-11-22)14-5-1-2-6-15(14)21-17(18)23/h1-6,9H,7-8,10-11H2,(H,21,23). The summed E-state index contributed by atoms with van der Waals surface area (Å²) < 4.78 is 0. The van der Waals surface area contributed by atoms with Gasteiger partial charge in [0, 0.05) is 25.0 Å². The number of hydrogen-bond donors (Lipinski definition) is 1. The van der Waals surface area contributed by atoms with E-state index in [0.29, 0.717) is 18.7 Å². The van der Waals surface area contributed by atoms with Crippen LogP contribution in [0.1, 0.15) is 24.0 Å². The van der Waals surface area contributed by atoms with Crippen LogP contribution < -0.4 is 10.2 Å². The minimum atomic E-state index is -0.436. The predicted octanol–water partition coefficient (Wildman–Crippen LogP) is 2.44. The summed E-state index contributed by atoms with van der Waals surface area (Å²) in [5.41, 5.74) is 2.18. The first-order valence-electron chi connectivity index (χ1n) is 7.76. The predicted molar refractivity (Wildman–Crippen MR) is 87.1 cm³/mol. The summed E-state index contributed by atoms with van der Waals surface area (Å²) in [6, 6.07) is 13.7. The average molecular weight is 304 g/mol. The number of benzene rings is 1. The molecule has 114 valence electrons. The first-order chi connectivity index (χ1) is 11.2. The smallest absolute Gasteiger partial charge is 0.235 e. The Bertz CT molecular complexity index is 816. The lowest BCUT2D eigenvalue weighted by molar-refractivity contribution is -0.121. The Morgan fingerprint density at radius 2 is 1.96 bits per heavy atom. The van der Waals surface area contributed by atoms with E-state index in [4.69, 9.17) is 0 Å². The van der Waals surface area contributed by atoms with Gasteiger partial charge in [0.1, 0.15) is 11.9 Å². The Balaban J connectivity index is 1.63. The van der Waals surface area contributed by atoms with Crippen molar-refractivity contribution >= 4 is 17.4 Å². The van der Waals surface area contributed by atoms with Gasteiger partial charge in [0.25, 0.3) is 0 Å². The number of amides is 1. The highest BCUT2D eigenvalue weighted by Gasteiger charge is 2.48. The molecule has 5 heteroatoms. The molecule has 0 radical (unpaired) electrons. The summed E-state index contributed by atoms with van der Waals surface area (Å²) in [6.45, 7) is 1.43. The molecule has 1 fully saturated rings. The number of nitriles is 1. The number of anilines is 2. The van der Waals surface area contributed by atoms with E-state index in [1.807, 2.05) is 24.3 Å². The fraction of sp³-hybridized carbons (Fsp3) is 0.278. The second-order valence-electron chi connectivity index (χ2n) is 6.06. The largest absolute Gasteiger partial charge is 0.355 e. The van der Waals surface area contributed by atoms with E-state index in [-0.39, 0.29) is 5.91 Å². The fourth-order valence-corrected chi connectivity index (χ4v) is 3.71. The summed E-state index contributed by atoms with van der Waals surface area (Å²) in [6.07, 6.45) is 3.17. The number of fused-ring (bicyclic) bond motifs is 2. The lowest BCUT2D eigenvalue weighted by atomic mass is 9.73. The van der Waals surface area contributed by atoms with E-state index < -0.39 is 5.41 Å². The summed E-state index contributed by atoms with van der Waals surface area (Å²) in [4.78, 5) is 19.0. The van der Waals surface area contributed by atoms with Crippen LogP contribution in [0.2, 0.25) is 0 Å². The zero-order chi connectivity index (χ0) is 15.9. The monoisotopic (exact) mass is 304 g/mol. The third-order valence-electron chi connectivity index (χ3n) is 4.95. The van der Waals surface area contributed by atoms with Crippen LogP contribution in [0.25, 0.3) is 0 Å². The molecule has 0 atom stereocenters. The van der Waals surface area contributed by atoms with Gasteiger partial charge in [0.05, 0.1) is 11.0 Å². The molecule has 0 unspecified atom stereocenters. The molecule has 23 heavy (non-hydrogen) atoms. The molecule has 0 bridgehead atoms. The van der Waals surface area contributed by atoms with Gasteiger partial charge in [-0.15, -0.1) is 0 Å². The SMILES string of the molecule is N#Cc1cccnc1N1CCC2(CC1)C(=O)Nc1ccccc12. The van der Waals surface area contributed by atoms with Crippen LogP contribution in [0, 0.1) is 11.3 Å². The van der Waals surface area contributed by atoms with Gasteiger partial charge < -0.3 is 10.2 Å². The summed E-state index contributed by atoms with van der Waals surface area (Å²) in [5, 5.41) is 12.3. The summed E-state index contributed by atoms with van der Waals surface area (Å²) in [5.74, 6) is 0.816. The van der Waals surface area contributed by atoms with Crippen LogP contribution in [0.5, 0.6) is 0 Å². The highest BCUT2D eigenvalue weighted by molar-refractivity contribution is 6.06. The van der Waals surface area contributed by atoms with Crippen molar-refractivity contribution in [3.8, 4) is 6.07 Å². The zero-order valence-corrected chi connectivity index (χ0v) is 12.6. The van der Waals surface area contributed by atoms with Crippen molar-refractivity contribution in [2.75, 3.05) is 23.3 Å². The molecule has 3 heterocycles. The highest BCUT2D eigenvalue weighted by Crippen LogP contribution is 2.45. The quantitative estimate of drug-likeness (QED) is 0.878. The Morgan fingerprint density at radius 1 is 1.17 bits per heavy atom. The second-order valence-corrected chi connectivity index (χ2v) is 6.06. The molecule has 2 aliphatic heterocycles. The van der Waals surface area contributed by atoms with Crippen LogP contribution in [0.4, 0.5) is 11.5 Å². The summed E-state index contributed by atoms with van der Waals surface area (Å²) >= 11 is 0. The second kappa shape index (κ2) is 5.10. The van der Waals surface area contributed by atoms with Crippen LogP contribution in [-0.2, 0) is 10.2 Å². The maximum absolute atomic E-state index is 12.6. The Kier molecular flexibility index (Phi) is 3.05. The number of carbonyl (C=O) groups excluding carboxylic acids is 1. The van der Waals surface area contributed by atoms with E-state index in [0.717, 1.165) is 29.9 Å². The van der Waals surface area contributed by atoms with Gasteiger partial charge >= 0.3 is 0 Å². The Hall–Kier alpha value is -2.87. The summed E-state index contributed by atoms with van der Waals surface area (Å²) in [7, 11) is 0. The molecular weight excluding hydrogens is 288 g/mol. The zero-order valence-electron chi connectivity index (χ0n) is 12.6. The number of hydrogen-bond acceptors (Lipinski definition) is 4. The lowest BCUT2D eigenvalue weighted by Crippen LogP contribution is -2.46. The van der Waals surface area contributed by atoms with Gasteiger partial charge in [-0.05, 0) is 36.6 Å². The third kappa shape index (κ3) is 1.99. The molecule has 1 aromatic carbocycles. The number of aromatic nitrogens is 1. The molecule has 1 saturated heterocycles. The number of piperidine rings is 1. The van der Waals surface area contributed by atoms with E-state index >= 15 is 0 Å². The number of rotatable bonds is 1. The van der Waals surface area contributed by atoms with Crippen molar-refractivity contribution in [1.29, 1.82) is 5.26 Å². The lowest BCUT2D eigenvalue weighted by Gasteiger charge is -2.38. The van der Waals surface area contributed by atoms with Gasteiger partial charge in [-0.1, -0.05) is 18.2 Å². The van der Waals surface area contributed by atoms with E-state index in [2.05, 4.69) is 21.3 Å². The van der Waals surface area contributed by atoms with Crippen molar-refractivity contribution in [1.82, 2.24) is 4.98 Å². The van der Waals surface area contributed by atoms with E-state index in [1.165, 1.54) is 0 Å². The van der Waals surface area contributed by atoms with Crippen molar-refractivity contribution < 1.29 is 4.79 Å². The van der Waals surface area contributed by atoms with Crippen molar-refractivity contribution in [2.45, 2.75) is 18.3 Å². The van der Waals surface area contributed by atoms with Crippen molar-refractivity contribution in [3.05, 3.63) is 53.7 Å². The number of pyridine rings is 1. The average Bonchev–Trinajstić information content (AvgIpc) is 2.88. The topological polar surface area (TPSA) is 69.0 Å². The number of carbonyl (C=O) groups is 1. The Labute approximate surface area is 134 Å². The van der Waals surface area contributed by atoms with Crippen LogP contribution in [0.3, 0.4) is 0 Å². The molecule has 0 aliphatic carbocycles. The molecule has 2 aromatic rings. The van der Waals surface area contributed by atoms with Gasteiger partial charge in [-0.3, -0.25) is 4.79 Å². The minimum Gasteiger partial charge on any atom is -0.355 e. The molecule has 0 saturated carbocycles. The number of nitrogens with zero attached hydrogens (tertiary/aromatic N) is 3. The van der Waals surface area contributed by atoms with Gasteiger partial charge in [0.15, 0.2) is 0 Å². The van der Waals surface area contributed by atoms with Crippen LogP contribution in [0.15, 0.2) is 42.6 Å². The van der Waals surface area contributed by atoms with Crippen molar-refractivity contribution in [2.24, 2.45) is 0 Å². The molecule has 2 aliphatic rings. The molecule has 4 rings (SSSR count). The maximum atomic E-state index is 12.6. The molecule has 1 spiro atoms. The molecule has 1 amide bonds. The molecule has 1 aromatic heterocycles. The Morgan fingerprint density at radius 3 is 2.74 bits per heavy atom. The van der Waals surface area contributed by atoms with E-state index in [9.17, 15) is 10.1 Å². The number of para-hydroxylation sites is 1. The van der Waals surface area contributed by atoms with E-state index in [1.54, 1.807) is 18.3 Å².